The summed E-state index contributed by atoms with van der Waals surface area (Å²) in [7, 11) is 0. The van der Waals surface area contributed by atoms with Crippen LogP contribution in [0.3, 0.4) is 0 Å². The van der Waals surface area contributed by atoms with E-state index in [-0.39, 0.29) is 0 Å². The third kappa shape index (κ3) is 3.24. The molecule has 0 radical (unpaired) electrons. The first kappa shape index (κ1) is 9.46. The maximum atomic E-state index is 9.50. The van der Waals surface area contributed by atoms with Gasteiger partial charge in [-0.3, -0.25) is 0 Å². The number of allylic oxidation sites excluding steroid dienone is 5. The second kappa shape index (κ2) is 8.68. The maximum absolute atomic E-state index is 9.50. The summed E-state index contributed by atoms with van der Waals surface area (Å²) >= 11 is 0. The number of fused-ring (bicyclic) bond motifs is 8. The molecule has 1 nitrogen and oxygen atoms in total. The van der Waals surface area contributed by atoms with Gasteiger partial charge in [0, 0.05) is 22.6 Å². The van der Waals surface area contributed by atoms with E-state index in [2.05, 4.69) is 0 Å². The summed E-state index contributed by atoms with van der Waals surface area (Å²) in [5.41, 5.74) is -4.62. The summed E-state index contributed by atoms with van der Waals surface area (Å²) < 4.78 is 221. The number of hydrogen-bond donors (Lipinski definition) is 0. The topological polar surface area (TPSA) is 13.1 Å². The smallest absolute Gasteiger partial charge is 0.136 e. The van der Waals surface area contributed by atoms with Gasteiger partial charge >= 0.3 is 0 Å². The summed E-state index contributed by atoms with van der Waals surface area (Å²) in [4.78, 5) is 0. The molecule has 192 valence electrons. The standard InChI is InChI=1S/C40H26O/c1-2-13-27-25(11-1)23-24-26-12-9-19-33(37(26)27)38-28-14-3-5-16-30(28)39(31-17-6-4-15-29(31)38)34-20-10-22-36-40(34)32-18-7-8-21-35(32)41-36/h1-25,27H/i1D,2D,3D,4D,5D,6D,7D,8D,9D,10D,11D,12D,13D,14D,15D,16D,17D,18D,19D,20D,21D,22D,23D,24D. The molecule has 0 bridgehead atoms. The van der Waals surface area contributed by atoms with E-state index in [9.17, 15) is 8.22 Å². The second-order valence-electron chi connectivity index (χ2n) is 9.31. The summed E-state index contributed by atoms with van der Waals surface area (Å²) in [6.07, 6.45) is 0. The number of para-hydroxylation sites is 1. The fourth-order valence-electron chi connectivity index (χ4n) is 5.60. The van der Waals surface area contributed by atoms with Crippen molar-refractivity contribution in [3.05, 3.63) is 150 Å². The third-order valence-corrected chi connectivity index (χ3v) is 7.25. The highest BCUT2D eigenvalue weighted by atomic mass is 16.3. The normalized spacial score (nSPS) is 27.1. The van der Waals surface area contributed by atoms with E-state index in [0.29, 0.717) is 0 Å². The lowest BCUT2D eigenvalue weighted by atomic mass is 9.73. The molecule has 1 aromatic heterocycles. The molecule has 6 aromatic carbocycles. The Bertz CT molecular complexity index is 3520. The molecule has 0 spiro atoms. The van der Waals surface area contributed by atoms with Crippen LogP contribution in [0, 0.1) is 5.92 Å². The van der Waals surface area contributed by atoms with E-state index in [0.717, 1.165) is 0 Å². The maximum Gasteiger partial charge on any atom is 0.136 e. The van der Waals surface area contributed by atoms with Crippen molar-refractivity contribution < 1.29 is 37.3 Å². The van der Waals surface area contributed by atoms with Gasteiger partial charge in [0.1, 0.15) is 11.2 Å². The van der Waals surface area contributed by atoms with E-state index in [1.807, 2.05) is 0 Å². The molecule has 2 aliphatic carbocycles. The monoisotopic (exact) mass is 546 g/mol. The summed E-state index contributed by atoms with van der Waals surface area (Å²) in [6, 6.07) is -20.3. The van der Waals surface area contributed by atoms with Gasteiger partial charge in [0.2, 0.25) is 0 Å². The molecule has 0 N–H and O–H groups in total. The lowest BCUT2D eigenvalue weighted by Crippen LogP contribution is -2.14. The van der Waals surface area contributed by atoms with Gasteiger partial charge in [-0.2, -0.15) is 0 Å². The van der Waals surface area contributed by atoms with Crippen molar-refractivity contribution in [3.63, 3.8) is 0 Å². The third-order valence-electron chi connectivity index (χ3n) is 7.25. The summed E-state index contributed by atoms with van der Waals surface area (Å²) in [5, 5.41) is -3.54. The van der Waals surface area contributed by atoms with Crippen molar-refractivity contribution in [1.82, 2.24) is 0 Å². The Morgan fingerprint density at radius 2 is 1.10 bits per heavy atom. The van der Waals surface area contributed by atoms with Gasteiger partial charge in [-0.05, 0) is 67.0 Å². The fraction of sp³-hybridized carbons (Fsp3) is 0.0500. The minimum atomic E-state index is -1.73. The Morgan fingerprint density at radius 3 is 1.85 bits per heavy atom. The van der Waals surface area contributed by atoms with Gasteiger partial charge in [0.05, 0.1) is 32.9 Å². The van der Waals surface area contributed by atoms with Gasteiger partial charge < -0.3 is 4.42 Å². The number of furan rings is 1. The molecule has 0 saturated carbocycles. The van der Waals surface area contributed by atoms with Crippen molar-refractivity contribution in [2.75, 3.05) is 0 Å². The highest BCUT2D eigenvalue weighted by Gasteiger charge is 2.28. The summed E-state index contributed by atoms with van der Waals surface area (Å²) in [5.74, 6) is -3.40. The first-order chi connectivity index (χ1) is 30.3. The Labute approximate surface area is 272 Å². The molecule has 2 aliphatic rings. The van der Waals surface area contributed by atoms with Crippen LogP contribution >= 0.6 is 0 Å². The first-order valence-electron chi connectivity index (χ1n) is 24.4. The zero-order valence-corrected chi connectivity index (χ0v) is 20.6. The molecule has 1 heteroatoms. The van der Waals surface area contributed by atoms with Gasteiger partial charge in [0.15, 0.2) is 0 Å². The molecular formula is C40H26O. The fourth-order valence-corrected chi connectivity index (χ4v) is 5.60. The van der Waals surface area contributed by atoms with Crippen LogP contribution in [0.1, 0.15) is 49.9 Å². The van der Waals surface area contributed by atoms with Gasteiger partial charge in [-0.25, -0.2) is 0 Å². The van der Waals surface area contributed by atoms with E-state index < -0.39 is 234 Å². The van der Waals surface area contributed by atoms with Crippen LogP contribution in [-0.4, -0.2) is 0 Å². The molecule has 9 rings (SSSR count). The van der Waals surface area contributed by atoms with Crippen molar-refractivity contribution in [2.45, 2.75) is 5.92 Å². The van der Waals surface area contributed by atoms with Crippen LogP contribution in [-0.2, 0) is 0 Å². The van der Waals surface area contributed by atoms with Crippen LogP contribution in [0.15, 0.2) is 143 Å². The predicted octanol–water partition coefficient (Wildman–Crippen LogP) is 11.1. The predicted molar refractivity (Wildman–Crippen MR) is 173 cm³/mol. The first-order valence-corrected chi connectivity index (χ1v) is 12.4. The average Bonchev–Trinajstić information content (AvgIpc) is 3.68. The lowest BCUT2D eigenvalue weighted by Gasteiger charge is -2.30. The number of rotatable bonds is 2. The second-order valence-corrected chi connectivity index (χ2v) is 9.31. The van der Waals surface area contributed by atoms with Gasteiger partial charge in [-0.1, -0.05) is 133 Å². The molecule has 0 saturated heterocycles. The molecule has 2 unspecified atom stereocenters. The van der Waals surface area contributed by atoms with E-state index >= 15 is 0 Å². The van der Waals surface area contributed by atoms with Gasteiger partial charge in [0.25, 0.3) is 0 Å². The van der Waals surface area contributed by atoms with Crippen LogP contribution in [0.4, 0.5) is 0 Å². The summed E-state index contributed by atoms with van der Waals surface area (Å²) in [6.45, 7) is 0. The molecule has 2 atom stereocenters. The molecule has 0 amide bonds. The van der Waals surface area contributed by atoms with Crippen molar-refractivity contribution in [2.24, 2.45) is 5.92 Å². The molecule has 7 aromatic rings. The highest BCUT2D eigenvalue weighted by molar-refractivity contribution is 6.25. The molecule has 41 heavy (non-hydrogen) atoms. The van der Waals surface area contributed by atoms with Crippen molar-refractivity contribution >= 4 is 49.5 Å². The largest absolute Gasteiger partial charge is 0.456 e. The molecular weight excluding hydrogens is 496 g/mol. The Kier molecular flexibility index (Phi) is 2.00. The zero-order chi connectivity index (χ0) is 47.8. The van der Waals surface area contributed by atoms with Crippen LogP contribution < -0.4 is 0 Å². The van der Waals surface area contributed by atoms with E-state index in [1.54, 1.807) is 0 Å². The minimum Gasteiger partial charge on any atom is -0.456 e. The average molecular weight is 547 g/mol. The molecule has 0 aliphatic heterocycles. The van der Waals surface area contributed by atoms with Crippen LogP contribution in [0.25, 0.3) is 71.8 Å². The van der Waals surface area contributed by atoms with E-state index in [4.69, 9.17) is 29.1 Å². The van der Waals surface area contributed by atoms with Crippen molar-refractivity contribution in [1.29, 1.82) is 0 Å². The quantitative estimate of drug-likeness (QED) is 0.197. The Morgan fingerprint density at radius 1 is 0.512 bits per heavy atom. The minimum absolute atomic E-state index is 0.444. The number of benzene rings is 6. The Balaban J connectivity index is 1.67. The SMILES string of the molecule is [2H]C1=C([2H])C2C([2H])=C([2H])c3c([2H])c([2H])c([2H])c(-c4c5c([2H])c([2H])c([2H])c([2H])c5c(-c5c([2H])c([2H])c([2H])c6oc7c([2H])c([2H])c([2H])c([2H])c7c56)c5c([2H])c([2H])c([2H])c([2H])c45)c3C2C([2H])=C1[2H]. The van der Waals surface area contributed by atoms with E-state index in [1.165, 1.54) is 0 Å². The van der Waals surface area contributed by atoms with Crippen molar-refractivity contribution in [3.8, 4) is 22.3 Å². The molecule has 0 fully saturated rings. The van der Waals surface area contributed by atoms with Gasteiger partial charge in [-0.15, -0.1) is 0 Å². The van der Waals surface area contributed by atoms with Crippen LogP contribution in [0.5, 0.6) is 0 Å². The lowest BCUT2D eigenvalue weighted by molar-refractivity contribution is 0.669. The Hall–Kier alpha value is -5.14. The number of hydrogen-bond acceptors (Lipinski definition) is 1. The highest BCUT2D eigenvalue weighted by Crippen LogP contribution is 2.50. The van der Waals surface area contributed by atoms with Crippen LogP contribution in [0.2, 0.25) is 0 Å². The zero-order valence-electron chi connectivity index (χ0n) is 44.6. The molecule has 1 heterocycles.